The summed E-state index contributed by atoms with van der Waals surface area (Å²) < 4.78 is 0. The standard InChI is InChI=1S/C13H9NS2/c15-8-9-4-3-7-12-13(9)14-10-5-1-2-6-11(10)16-12/h1-8,14H. The van der Waals surface area contributed by atoms with Crippen molar-refractivity contribution in [1.29, 1.82) is 0 Å². The predicted molar refractivity (Wildman–Crippen MR) is 73.0 cm³/mol. The second-order valence-corrected chi connectivity index (χ2v) is 4.88. The topological polar surface area (TPSA) is 12.0 Å². The van der Waals surface area contributed by atoms with Crippen LogP contribution in [0, 0.1) is 0 Å². The zero-order valence-corrected chi connectivity index (χ0v) is 10.1. The smallest absolute Gasteiger partial charge is 0.0608 e. The minimum atomic E-state index is 1.08. The number of rotatable bonds is 1. The van der Waals surface area contributed by atoms with Crippen molar-refractivity contribution in [2.45, 2.75) is 9.79 Å². The normalized spacial score (nSPS) is 12.2. The molecule has 0 bridgehead atoms. The summed E-state index contributed by atoms with van der Waals surface area (Å²) in [6.45, 7) is 0. The van der Waals surface area contributed by atoms with Crippen molar-refractivity contribution in [2.24, 2.45) is 0 Å². The maximum absolute atomic E-state index is 5.03. The Balaban J connectivity index is 2.15. The summed E-state index contributed by atoms with van der Waals surface area (Å²) in [5.41, 5.74) is 3.36. The lowest BCUT2D eigenvalue weighted by Gasteiger charge is -2.21. The Morgan fingerprint density at radius 2 is 1.81 bits per heavy atom. The first-order valence-electron chi connectivity index (χ1n) is 5.00. The van der Waals surface area contributed by atoms with Gasteiger partial charge in [0.1, 0.15) is 0 Å². The highest BCUT2D eigenvalue weighted by Gasteiger charge is 2.16. The summed E-state index contributed by atoms with van der Waals surface area (Å²) in [5, 5.41) is 5.16. The monoisotopic (exact) mass is 243 g/mol. The molecule has 0 radical (unpaired) electrons. The highest BCUT2D eigenvalue weighted by atomic mass is 32.2. The molecule has 0 amide bonds. The molecule has 0 saturated carbocycles. The Labute approximate surface area is 104 Å². The number of anilines is 2. The number of fused-ring (bicyclic) bond motifs is 2. The third kappa shape index (κ3) is 1.52. The Kier molecular flexibility index (Phi) is 2.42. The second kappa shape index (κ2) is 3.92. The van der Waals surface area contributed by atoms with Gasteiger partial charge in [-0.25, -0.2) is 0 Å². The van der Waals surface area contributed by atoms with Crippen molar-refractivity contribution in [3.8, 4) is 0 Å². The molecule has 0 aromatic heterocycles. The molecular weight excluding hydrogens is 234 g/mol. The molecule has 0 spiro atoms. The van der Waals surface area contributed by atoms with Gasteiger partial charge < -0.3 is 5.32 Å². The maximum Gasteiger partial charge on any atom is 0.0608 e. The first kappa shape index (κ1) is 9.87. The van der Waals surface area contributed by atoms with E-state index in [0.29, 0.717) is 0 Å². The van der Waals surface area contributed by atoms with Crippen molar-refractivity contribution in [3.05, 3.63) is 48.0 Å². The summed E-state index contributed by atoms with van der Waals surface area (Å²) in [4.78, 5) is 2.49. The number of thiocarbonyl (C=S) groups is 1. The van der Waals surface area contributed by atoms with Gasteiger partial charge >= 0.3 is 0 Å². The van der Waals surface area contributed by atoms with Crippen LogP contribution in [-0.4, -0.2) is 5.37 Å². The summed E-state index contributed by atoms with van der Waals surface area (Å²) in [6.07, 6.45) is 0. The number of nitrogens with one attached hydrogen (secondary N) is 1. The quantitative estimate of drug-likeness (QED) is 0.642. The molecule has 3 rings (SSSR count). The number of hydrogen-bond donors (Lipinski definition) is 1. The van der Waals surface area contributed by atoms with Crippen molar-refractivity contribution in [3.63, 3.8) is 0 Å². The van der Waals surface area contributed by atoms with Crippen LogP contribution in [0.5, 0.6) is 0 Å². The SMILES string of the molecule is S=Cc1cccc2c1Nc1ccccc1S2. The van der Waals surface area contributed by atoms with E-state index in [1.54, 1.807) is 17.1 Å². The fraction of sp³-hybridized carbons (Fsp3) is 0. The van der Waals surface area contributed by atoms with Crippen LogP contribution in [0.1, 0.15) is 5.56 Å². The van der Waals surface area contributed by atoms with Gasteiger partial charge in [-0.1, -0.05) is 48.2 Å². The molecule has 0 fully saturated rings. The average Bonchev–Trinajstić information content (AvgIpc) is 2.35. The maximum atomic E-state index is 5.03. The van der Waals surface area contributed by atoms with Gasteiger partial charge in [0.15, 0.2) is 0 Å². The molecule has 16 heavy (non-hydrogen) atoms. The minimum Gasteiger partial charge on any atom is -0.353 e. The lowest BCUT2D eigenvalue weighted by molar-refractivity contribution is 1.31. The number of para-hydroxylation sites is 2. The van der Waals surface area contributed by atoms with Crippen molar-refractivity contribution < 1.29 is 0 Å². The molecule has 0 saturated heterocycles. The van der Waals surface area contributed by atoms with E-state index >= 15 is 0 Å². The average molecular weight is 243 g/mol. The molecule has 0 unspecified atom stereocenters. The van der Waals surface area contributed by atoms with Gasteiger partial charge in [0.05, 0.1) is 11.4 Å². The van der Waals surface area contributed by atoms with Gasteiger partial charge in [0.25, 0.3) is 0 Å². The van der Waals surface area contributed by atoms with Crippen LogP contribution >= 0.6 is 24.0 Å². The highest BCUT2D eigenvalue weighted by Crippen LogP contribution is 2.44. The molecular formula is C13H9NS2. The first-order valence-corrected chi connectivity index (χ1v) is 6.29. The van der Waals surface area contributed by atoms with E-state index in [-0.39, 0.29) is 0 Å². The van der Waals surface area contributed by atoms with Gasteiger partial charge in [-0.05, 0) is 18.2 Å². The van der Waals surface area contributed by atoms with Gasteiger partial charge in [-0.15, -0.1) is 0 Å². The lowest BCUT2D eigenvalue weighted by Crippen LogP contribution is -2.02. The van der Waals surface area contributed by atoms with E-state index in [2.05, 4.69) is 29.6 Å². The number of hydrogen-bond acceptors (Lipinski definition) is 3. The van der Waals surface area contributed by atoms with Gasteiger partial charge in [0.2, 0.25) is 0 Å². The molecule has 0 aliphatic carbocycles. The zero-order valence-electron chi connectivity index (χ0n) is 8.44. The zero-order chi connectivity index (χ0) is 11.0. The predicted octanol–water partition coefficient (Wildman–Crippen LogP) is 4.24. The summed E-state index contributed by atoms with van der Waals surface area (Å²) in [6, 6.07) is 14.5. The van der Waals surface area contributed by atoms with E-state index in [4.69, 9.17) is 12.2 Å². The van der Waals surface area contributed by atoms with Crippen LogP contribution in [-0.2, 0) is 0 Å². The Morgan fingerprint density at radius 3 is 2.69 bits per heavy atom. The minimum absolute atomic E-state index is 1.08. The first-order chi connectivity index (χ1) is 7.88. The van der Waals surface area contributed by atoms with Gasteiger partial charge in [-0.3, -0.25) is 0 Å². The van der Waals surface area contributed by atoms with Crippen LogP contribution in [0.25, 0.3) is 0 Å². The van der Waals surface area contributed by atoms with Crippen LogP contribution in [0.15, 0.2) is 52.3 Å². The molecule has 1 heterocycles. The van der Waals surface area contributed by atoms with Gasteiger partial charge in [0, 0.05) is 20.7 Å². The van der Waals surface area contributed by atoms with Crippen molar-refractivity contribution in [1.82, 2.24) is 0 Å². The molecule has 2 aromatic carbocycles. The third-order valence-corrected chi connectivity index (χ3v) is 3.94. The molecule has 2 aromatic rings. The Morgan fingerprint density at radius 1 is 1.00 bits per heavy atom. The molecule has 1 aliphatic heterocycles. The fourth-order valence-electron chi connectivity index (χ4n) is 1.78. The van der Waals surface area contributed by atoms with E-state index < -0.39 is 0 Å². The van der Waals surface area contributed by atoms with E-state index in [1.807, 2.05) is 18.2 Å². The highest BCUT2D eigenvalue weighted by molar-refractivity contribution is 7.99. The third-order valence-electron chi connectivity index (χ3n) is 2.55. The molecule has 3 heteroatoms. The number of benzene rings is 2. The summed E-state index contributed by atoms with van der Waals surface area (Å²) in [7, 11) is 0. The summed E-state index contributed by atoms with van der Waals surface area (Å²) in [5.74, 6) is 0. The largest absolute Gasteiger partial charge is 0.353 e. The van der Waals surface area contributed by atoms with E-state index in [1.165, 1.54) is 9.79 Å². The van der Waals surface area contributed by atoms with Crippen LogP contribution in [0.2, 0.25) is 0 Å². The molecule has 78 valence electrons. The molecule has 1 aliphatic rings. The van der Waals surface area contributed by atoms with Crippen molar-refractivity contribution in [2.75, 3.05) is 5.32 Å². The Hall–Kier alpha value is -1.32. The Bertz CT molecular complexity index is 564. The van der Waals surface area contributed by atoms with Crippen molar-refractivity contribution >= 4 is 40.7 Å². The van der Waals surface area contributed by atoms with E-state index in [9.17, 15) is 0 Å². The van der Waals surface area contributed by atoms with Crippen LogP contribution < -0.4 is 5.32 Å². The lowest BCUT2D eigenvalue weighted by atomic mass is 10.2. The second-order valence-electron chi connectivity index (χ2n) is 3.56. The van der Waals surface area contributed by atoms with Crippen LogP contribution in [0.4, 0.5) is 11.4 Å². The van der Waals surface area contributed by atoms with Gasteiger partial charge in [-0.2, -0.15) is 0 Å². The van der Waals surface area contributed by atoms with Crippen LogP contribution in [0.3, 0.4) is 0 Å². The fourth-order valence-corrected chi connectivity index (χ4v) is 3.00. The molecule has 1 nitrogen and oxygen atoms in total. The molecule has 1 N–H and O–H groups in total. The summed E-state index contributed by atoms with van der Waals surface area (Å²) >= 11 is 6.81. The molecule has 0 atom stereocenters. The van der Waals surface area contributed by atoms with E-state index in [0.717, 1.165) is 16.9 Å².